The highest BCUT2D eigenvalue weighted by Gasteiger charge is 2.62. The molecule has 0 heterocycles. The normalized spacial score (nSPS) is 24.0. The fourth-order valence-electron chi connectivity index (χ4n) is 0.792. The third-order valence-corrected chi connectivity index (χ3v) is 1.79. The highest BCUT2D eigenvalue weighted by atomic mass is 19.3. The molecular weight excluding hydrogens is 129 g/mol. The summed E-state index contributed by atoms with van der Waals surface area (Å²) in [6.07, 6.45) is -0.314. The van der Waals surface area contributed by atoms with Gasteiger partial charge in [0, 0.05) is 6.42 Å². The predicted molar refractivity (Wildman–Crippen MR) is 28.3 cm³/mol. The van der Waals surface area contributed by atoms with Crippen LogP contribution in [0, 0.1) is 0 Å². The first-order valence-corrected chi connectivity index (χ1v) is 3.08. The first-order chi connectivity index (χ1) is 4.02. The third-order valence-electron chi connectivity index (χ3n) is 1.79. The molecule has 0 nitrogen and oxygen atoms in total. The van der Waals surface area contributed by atoms with Crippen molar-refractivity contribution in [3.05, 3.63) is 0 Å². The molecule has 1 saturated carbocycles. The van der Waals surface area contributed by atoms with Crippen molar-refractivity contribution in [3.63, 3.8) is 0 Å². The molecule has 0 spiro atoms. The van der Waals surface area contributed by atoms with Crippen LogP contribution in [-0.2, 0) is 0 Å². The van der Waals surface area contributed by atoms with Crippen molar-refractivity contribution in [2.45, 2.75) is 37.8 Å². The minimum Gasteiger partial charge on any atom is -0.237 e. The van der Waals surface area contributed by atoms with E-state index in [-0.39, 0.29) is 19.3 Å². The number of alkyl halides is 3. The maximum atomic E-state index is 12.5. The zero-order chi connectivity index (χ0) is 7.12. The summed E-state index contributed by atoms with van der Waals surface area (Å²) in [5.74, 6) is -3.08. The van der Waals surface area contributed by atoms with Crippen molar-refractivity contribution in [2.75, 3.05) is 0 Å². The van der Waals surface area contributed by atoms with Crippen LogP contribution in [0.2, 0.25) is 0 Å². The SMILES string of the molecule is CCC(F)(F)C1(F)CC1. The summed E-state index contributed by atoms with van der Waals surface area (Å²) in [5.41, 5.74) is -2.14. The Balaban J connectivity index is 2.58. The fourth-order valence-corrected chi connectivity index (χ4v) is 0.792. The van der Waals surface area contributed by atoms with E-state index < -0.39 is 11.6 Å². The second kappa shape index (κ2) is 1.64. The second-order valence-corrected chi connectivity index (χ2v) is 2.52. The molecule has 0 bridgehead atoms. The number of hydrogen-bond acceptors (Lipinski definition) is 0. The van der Waals surface area contributed by atoms with E-state index in [9.17, 15) is 13.2 Å². The average molecular weight is 138 g/mol. The van der Waals surface area contributed by atoms with Gasteiger partial charge in [0.1, 0.15) is 0 Å². The van der Waals surface area contributed by atoms with Gasteiger partial charge in [-0.15, -0.1) is 0 Å². The predicted octanol–water partition coefficient (Wildman–Crippen LogP) is 2.53. The molecule has 0 aliphatic heterocycles. The van der Waals surface area contributed by atoms with E-state index in [1.165, 1.54) is 6.92 Å². The molecule has 0 aromatic rings. The second-order valence-electron chi connectivity index (χ2n) is 2.52. The number of hydrogen-bond donors (Lipinski definition) is 0. The first kappa shape index (κ1) is 6.90. The maximum absolute atomic E-state index is 12.5. The highest BCUT2D eigenvalue weighted by Crippen LogP contribution is 2.52. The van der Waals surface area contributed by atoms with Gasteiger partial charge in [-0.2, -0.15) is 0 Å². The first-order valence-electron chi connectivity index (χ1n) is 3.08. The van der Waals surface area contributed by atoms with Crippen molar-refractivity contribution in [2.24, 2.45) is 0 Å². The molecule has 0 aromatic carbocycles. The fraction of sp³-hybridized carbons (Fsp3) is 1.00. The minimum absolute atomic E-state index is 0.0356. The Hall–Kier alpha value is -0.210. The van der Waals surface area contributed by atoms with Gasteiger partial charge >= 0.3 is 0 Å². The van der Waals surface area contributed by atoms with E-state index in [0.717, 1.165) is 0 Å². The molecule has 0 aromatic heterocycles. The Kier molecular flexibility index (Phi) is 1.26. The van der Waals surface area contributed by atoms with E-state index in [0.29, 0.717) is 0 Å². The van der Waals surface area contributed by atoms with Crippen LogP contribution in [0.15, 0.2) is 0 Å². The van der Waals surface area contributed by atoms with Gasteiger partial charge in [0.25, 0.3) is 5.92 Å². The molecule has 1 aliphatic carbocycles. The third kappa shape index (κ3) is 0.926. The molecule has 3 heteroatoms. The van der Waals surface area contributed by atoms with Crippen LogP contribution in [-0.4, -0.2) is 11.6 Å². The molecule has 0 amide bonds. The van der Waals surface area contributed by atoms with Crippen molar-refractivity contribution < 1.29 is 13.2 Å². The Labute approximate surface area is 52.1 Å². The lowest BCUT2D eigenvalue weighted by Crippen LogP contribution is -2.30. The molecule has 1 fully saturated rings. The topological polar surface area (TPSA) is 0 Å². The van der Waals surface area contributed by atoms with E-state index in [4.69, 9.17) is 0 Å². The van der Waals surface area contributed by atoms with Gasteiger partial charge in [-0.05, 0) is 12.8 Å². The quantitative estimate of drug-likeness (QED) is 0.550. The lowest BCUT2D eigenvalue weighted by molar-refractivity contribution is -0.0891. The van der Waals surface area contributed by atoms with Crippen molar-refractivity contribution in [1.82, 2.24) is 0 Å². The van der Waals surface area contributed by atoms with Crippen molar-refractivity contribution >= 4 is 0 Å². The van der Waals surface area contributed by atoms with Crippen LogP contribution in [0.3, 0.4) is 0 Å². The summed E-state index contributed by atoms with van der Waals surface area (Å²) >= 11 is 0. The molecule has 0 atom stereocenters. The standard InChI is InChI=1S/C6H9F3/c1-2-6(8,9)5(7)3-4-5/h2-4H2,1H3. The van der Waals surface area contributed by atoms with Gasteiger partial charge in [-0.3, -0.25) is 0 Å². The Morgan fingerprint density at radius 3 is 2.00 bits per heavy atom. The van der Waals surface area contributed by atoms with Crippen LogP contribution in [0.5, 0.6) is 0 Å². The van der Waals surface area contributed by atoms with Gasteiger partial charge in [0.15, 0.2) is 5.67 Å². The Morgan fingerprint density at radius 1 is 1.44 bits per heavy atom. The van der Waals surface area contributed by atoms with Gasteiger partial charge < -0.3 is 0 Å². The summed E-state index contributed by atoms with van der Waals surface area (Å²) in [6.45, 7) is 1.31. The molecule has 0 N–H and O–H groups in total. The van der Waals surface area contributed by atoms with Gasteiger partial charge in [0.2, 0.25) is 0 Å². The maximum Gasteiger partial charge on any atom is 0.281 e. The van der Waals surface area contributed by atoms with E-state index >= 15 is 0 Å². The minimum atomic E-state index is -3.08. The molecule has 9 heavy (non-hydrogen) atoms. The van der Waals surface area contributed by atoms with Crippen LogP contribution in [0.4, 0.5) is 13.2 Å². The summed E-state index contributed by atoms with van der Waals surface area (Å²) in [7, 11) is 0. The highest BCUT2D eigenvalue weighted by molar-refractivity contribution is 5.04. The van der Waals surface area contributed by atoms with Crippen LogP contribution < -0.4 is 0 Å². The van der Waals surface area contributed by atoms with Crippen LogP contribution >= 0.6 is 0 Å². The number of rotatable bonds is 2. The Bertz CT molecular complexity index is 115. The van der Waals surface area contributed by atoms with Crippen molar-refractivity contribution in [1.29, 1.82) is 0 Å². The zero-order valence-electron chi connectivity index (χ0n) is 5.26. The molecular formula is C6H9F3. The van der Waals surface area contributed by atoms with Gasteiger partial charge in [0.05, 0.1) is 0 Å². The summed E-state index contributed by atoms with van der Waals surface area (Å²) in [4.78, 5) is 0. The summed E-state index contributed by atoms with van der Waals surface area (Å²) in [5, 5.41) is 0. The molecule has 0 unspecified atom stereocenters. The molecule has 1 aliphatic rings. The molecule has 1 rings (SSSR count). The summed E-state index contributed by atoms with van der Waals surface area (Å²) in [6, 6.07) is 0. The molecule has 0 saturated heterocycles. The van der Waals surface area contributed by atoms with Crippen LogP contribution in [0.1, 0.15) is 26.2 Å². The van der Waals surface area contributed by atoms with Gasteiger partial charge in [-0.1, -0.05) is 6.92 Å². The van der Waals surface area contributed by atoms with Crippen molar-refractivity contribution in [3.8, 4) is 0 Å². The lowest BCUT2D eigenvalue weighted by Gasteiger charge is -2.17. The smallest absolute Gasteiger partial charge is 0.237 e. The lowest BCUT2D eigenvalue weighted by atomic mass is 10.1. The van der Waals surface area contributed by atoms with E-state index in [1.807, 2.05) is 0 Å². The van der Waals surface area contributed by atoms with Gasteiger partial charge in [-0.25, -0.2) is 13.2 Å². The largest absolute Gasteiger partial charge is 0.281 e. The monoisotopic (exact) mass is 138 g/mol. The van der Waals surface area contributed by atoms with E-state index in [1.54, 1.807) is 0 Å². The molecule has 0 radical (unpaired) electrons. The summed E-state index contributed by atoms with van der Waals surface area (Å²) < 4.78 is 37.2. The number of halogens is 3. The molecule has 54 valence electrons. The van der Waals surface area contributed by atoms with Crippen LogP contribution in [0.25, 0.3) is 0 Å². The van der Waals surface area contributed by atoms with E-state index in [2.05, 4.69) is 0 Å². The average Bonchev–Trinajstić information content (AvgIpc) is 2.49. The zero-order valence-corrected chi connectivity index (χ0v) is 5.26. The Morgan fingerprint density at radius 2 is 1.89 bits per heavy atom.